The van der Waals surface area contributed by atoms with Crippen LogP contribution in [0.5, 0.6) is 17.2 Å². The van der Waals surface area contributed by atoms with E-state index in [0.29, 0.717) is 28.5 Å². The molecule has 0 atom stereocenters. The van der Waals surface area contributed by atoms with Crippen molar-refractivity contribution in [2.45, 2.75) is 0 Å². The molecule has 3 rings (SSSR count). The fraction of sp³-hybridized carbons (Fsp3) is 0.143. The molecule has 0 saturated carbocycles. The number of aromatic nitrogens is 3. The first-order valence-corrected chi connectivity index (χ1v) is 5.99. The summed E-state index contributed by atoms with van der Waals surface area (Å²) in [6.45, 7) is 0. The van der Waals surface area contributed by atoms with Gasteiger partial charge in [-0.15, -0.1) is 0 Å². The van der Waals surface area contributed by atoms with Gasteiger partial charge in [-0.05, 0) is 24.3 Å². The average molecular weight is 271 g/mol. The third-order valence-electron chi connectivity index (χ3n) is 3.03. The van der Waals surface area contributed by atoms with Crippen LogP contribution in [0.4, 0.5) is 0 Å². The minimum Gasteiger partial charge on any atom is -0.502 e. The van der Waals surface area contributed by atoms with E-state index in [1.807, 2.05) is 12.1 Å². The van der Waals surface area contributed by atoms with E-state index in [1.165, 1.54) is 14.2 Å². The van der Waals surface area contributed by atoms with Crippen molar-refractivity contribution in [2.24, 2.45) is 0 Å². The van der Waals surface area contributed by atoms with Crippen LogP contribution in [0.25, 0.3) is 22.6 Å². The molecule has 6 nitrogen and oxygen atoms in total. The molecule has 1 aromatic carbocycles. The Morgan fingerprint density at radius 2 is 2.00 bits per heavy atom. The normalized spacial score (nSPS) is 10.7. The van der Waals surface area contributed by atoms with Gasteiger partial charge in [0.2, 0.25) is 5.75 Å². The van der Waals surface area contributed by atoms with Crippen LogP contribution >= 0.6 is 0 Å². The maximum atomic E-state index is 10.1. The lowest BCUT2D eigenvalue weighted by Gasteiger charge is -2.11. The molecule has 0 bridgehead atoms. The Morgan fingerprint density at radius 1 is 1.15 bits per heavy atom. The van der Waals surface area contributed by atoms with Crippen molar-refractivity contribution in [2.75, 3.05) is 14.2 Å². The molecule has 0 unspecified atom stereocenters. The van der Waals surface area contributed by atoms with E-state index in [9.17, 15) is 5.11 Å². The maximum Gasteiger partial charge on any atom is 0.201 e. The van der Waals surface area contributed by atoms with Gasteiger partial charge in [-0.2, -0.15) is 0 Å². The zero-order valence-electron chi connectivity index (χ0n) is 11.0. The number of aromatic amines is 1. The molecule has 2 aromatic heterocycles. The first kappa shape index (κ1) is 12.3. The van der Waals surface area contributed by atoms with Crippen LogP contribution in [-0.4, -0.2) is 34.3 Å². The van der Waals surface area contributed by atoms with Crippen molar-refractivity contribution in [1.29, 1.82) is 0 Å². The van der Waals surface area contributed by atoms with Gasteiger partial charge in [0.1, 0.15) is 5.82 Å². The first-order valence-electron chi connectivity index (χ1n) is 5.99. The summed E-state index contributed by atoms with van der Waals surface area (Å²) < 4.78 is 10.3. The van der Waals surface area contributed by atoms with E-state index >= 15 is 0 Å². The highest BCUT2D eigenvalue weighted by Crippen LogP contribution is 2.42. The van der Waals surface area contributed by atoms with Gasteiger partial charge in [0.15, 0.2) is 17.1 Å². The van der Waals surface area contributed by atoms with Crippen LogP contribution in [0.3, 0.4) is 0 Å². The maximum absolute atomic E-state index is 10.1. The SMILES string of the molecule is COc1ccc(-c2nc3ncccc3[nH]2)c(OC)c1O. The van der Waals surface area contributed by atoms with Gasteiger partial charge in [0.05, 0.1) is 25.3 Å². The Kier molecular flexibility index (Phi) is 2.90. The number of benzene rings is 1. The zero-order valence-corrected chi connectivity index (χ0v) is 11.0. The molecule has 102 valence electrons. The van der Waals surface area contributed by atoms with Crippen LogP contribution in [0.1, 0.15) is 0 Å². The van der Waals surface area contributed by atoms with Gasteiger partial charge >= 0.3 is 0 Å². The summed E-state index contributed by atoms with van der Waals surface area (Å²) in [4.78, 5) is 11.7. The molecule has 0 aliphatic carbocycles. The van der Waals surface area contributed by atoms with Gasteiger partial charge < -0.3 is 19.6 Å². The van der Waals surface area contributed by atoms with Crippen LogP contribution < -0.4 is 9.47 Å². The van der Waals surface area contributed by atoms with Gasteiger partial charge in [-0.25, -0.2) is 9.97 Å². The molecule has 0 aliphatic rings. The predicted molar refractivity (Wildman–Crippen MR) is 74.1 cm³/mol. The molecule has 2 N–H and O–H groups in total. The quantitative estimate of drug-likeness (QED) is 0.764. The smallest absolute Gasteiger partial charge is 0.201 e. The number of hydrogen-bond acceptors (Lipinski definition) is 5. The molecule has 3 aromatic rings. The third kappa shape index (κ3) is 1.82. The molecular formula is C14H13N3O3. The summed E-state index contributed by atoms with van der Waals surface area (Å²) in [5, 5.41) is 10.1. The van der Waals surface area contributed by atoms with Crippen LogP contribution in [0.15, 0.2) is 30.5 Å². The Labute approximate surface area is 115 Å². The Hall–Kier alpha value is -2.76. The van der Waals surface area contributed by atoms with Crippen LogP contribution in [0, 0.1) is 0 Å². The zero-order chi connectivity index (χ0) is 14.1. The number of H-pyrrole nitrogens is 1. The van der Waals surface area contributed by atoms with Crippen molar-refractivity contribution < 1.29 is 14.6 Å². The number of hydrogen-bond donors (Lipinski definition) is 2. The monoisotopic (exact) mass is 271 g/mol. The number of phenols is 1. The molecule has 6 heteroatoms. The van der Waals surface area contributed by atoms with Crippen molar-refractivity contribution in [1.82, 2.24) is 15.0 Å². The first-order chi connectivity index (χ1) is 9.74. The molecule has 0 saturated heterocycles. The van der Waals surface area contributed by atoms with E-state index in [1.54, 1.807) is 18.3 Å². The molecule has 20 heavy (non-hydrogen) atoms. The average Bonchev–Trinajstić information content (AvgIpc) is 2.90. The Morgan fingerprint density at radius 3 is 2.70 bits per heavy atom. The van der Waals surface area contributed by atoms with Crippen molar-refractivity contribution in [3.05, 3.63) is 30.5 Å². The van der Waals surface area contributed by atoms with Crippen molar-refractivity contribution in [3.63, 3.8) is 0 Å². The minimum atomic E-state index is -0.0547. The van der Waals surface area contributed by atoms with Gasteiger partial charge in [-0.1, -0.05) is 0 Å². The number of aromatic hydroxyl groups is 1. The second-order valence-electron chi connectivity index (χ2n) is 4.16. The van der Waals surface area contributed by atoms with E-state index in [0.717, 1.165) is 5.52 Å². The molecular weight excluding hydrogens is 258 g/mol. The summed E-state index contributed by atoms with van der Waals surface area (Å²) in [7, 11) is 2.97. The second-order valence-corrected chi connectivity index (χ2v) is 4.16. The van der Waals surface area contributed by atoms with Crippen molar-refractivity contribution >= 4 is 11.2 Å². The molecule has 0 amide bonds. The number of pyridine rings is 1. The largest absolute Gasteiger partial charge is 0.502 e. The van der Waals surface area contributed by atoms with Gasteiger partial charge in [0.25, 0.3) is 0 Å². The van der Waals surface area contributed by atoms with Crippen LogP contribution in [0.2, 0.25) is 0 Å². The van der Waals surface area contributed by atoms with E-state index < -0.39 is 0 Å². The second kappa shape index (κ2) is 4.73. The summed E-state index contributed by atoms with van der Waals surface area (Å²) in [5.41, 5.74) is 2.07. The number of rotatable bonds is 3. The highest BCUT2D eigenvalue weighted by molar-refractivity contribution is 5.79. The number of nitrogens with one attached hydrogen (secondary N) is 1. The summed E-state index contributed by atoms with van der Waals surface area (Å²) in [5.74, 6) is 1.18. The molecule has 2 heterocycles. The van der Waals surface area contributed by atoms with Crippen molar-refractivity contribution in [3.8, 4) is 28.6 Å². The number of methoxy groups -OCH3 is 2. The fourth-order valence-electron chi connectivity index (χ4n) is 2.08. The number of nitrogens with zero attached hydrogens (tertiary/aromatic N) is 2. The van der Waals surface area contributed by atoms with E-state index in [4.69, 9.17) is 9.47 Å². The predicted octanol–water partition coefficient (Wildman–Crippen LogP) is 2.35. The Balaban J connectivity index is 2.20. The highest BCUT2D eigenvalue weighted by atomic mass is 16.5. The summed E-state index contributed by atoms with van der Waals surface area (Å²) in [6, 6.07) is 7.14. The Bertz CT molecular complexity index is 734. The summed E-state index contributed by atoms with van der Waals surface area (Å²) >= 11 is 0. The number of ether oxygens (including phenoxy) is 2. The fourth-order valence-corrected chi connectivity index (χ4v) is 2.08. The lowest BCUT2D eigenvalue weighted by molar-refractivity contribution is 0.341. The highest BCUT2D eigenvalue weighted by Gasteiger charge is 2.17. The number of phenolic OH excluding ortho intramolecular Hbond substituents is 1. The van der Waals surface area contributed by atoms with E-state index in [2.05, 4.69) is 15.0 Å². The standard InChI is InChI=1S/C14H13N3O3/c1-19-10-6-5-8(12(20-2)11(10)18)13-16-9-4-3-7-15-14(9)17-13/h3-7,18H,1-2H3,(H,15,16,17). The molecule has 0 fully saturated rings. The lowest BCUT2D eigenvalue weighted by Crippen LogP contribution is -1.93. The molecule has 0 spiro atoms. The molecule has 0 aliphatic heterocycles. The third-order valence-corrected chi connectivity index (χ3v) is 3.03. The van der Waals surface area contributed by atoms with Gasteiger partial charge in [0, 0.05) is 6.20 Å². The topological polar surface area (TPSA) is 80.3 Å². The molecule has 0 radical (unpaired) electrons. The number of fused-ring (bicyclic) bond motifs is 1. The number of imidazole rings is 1. The lowest BCUT2D eigenvalue weighted by atomic mass is 10.1. The van der Waals surface area contributed by atoms with E-state index in [-0.39, 0.29) is 5.75 Å². The summed E-state index contributed by atoms with van der Waals surface area (Å²) in [6.07, 6.45) is 1.68. The van der Waals surface area contributed by atoms with Crippen LogP contribution in [-0.2, 0) is 0 Å². The minimum absolute atomic E-state index is 0.0547. The van der Waals surface area contributed by atoms with Gasteiger partial charge in [-0.3, -0.25) is 0 Å².